The maximum atomic E-state index is 2.46. The van der Waals surface area contributed by atoms with Crippen LogP contribution in [0.25, 0.3) is 60.2 Å². The number of para-hydroxylation sites is 1. The zero-order chi connectivity index (χ0) is 35.8. The number of benzene rings is 8. The third-order valence-electron chi connectivity index (χ3n) is 11.6. The molecule has 254 valence electrons. The molecule has 1 aliphatic heterocycles. The molecule has 2 aliphatic rings. The Morgan fingerprint density at radius 3 is 1.89 bits per heavy atom. The Hall–Kier alpha value is -6.77. The van der Waals surface area contributed by atoms with Crippen LogP contribution in [0.5, 0.6) is 0 Å². The number of hydrogen-bond donors (Lipinski definition) is 0. The van der Waals surface area contributed by atoms with E-state index in [2.05, 4.69) is 204 Å². The van der Waals surface area contributed by atoms with Gasteiger partial charge in [0.25, 0.3) is 0 Å². The van der Waals surface area contributed by atoms with Gasteiger partial charge in [0, 0.05) is 34.5 Å². The SMILES string of the molecule is CC1CC=C(c2ccccc2)C=C1c1ccc(C2=[N+](c3cccc(-n4c5ccc6ccccc6c5c5c6ccccc6ccc54)c3)c3ccccc32)cc1. The highest BCUT2D eigenvalue weighted by molar-refractivity contribution is 6.28. The molecule has 2 heteroatoms. The summed E-state index contributed by atoms with van der Waals surface area (Å²) < 4.78 is 4.90. The Labute approximate surface area is 314 Å². The van der Waals surface area contributed by atoms with E-state index in [1.807, 2.05) is 0 Å². The van der Waals surface area contributed by atoms with E-state index in [-0.39, 0.29) is 0 Å². The Bertz CT molecular complexity index is 2970. The van der Waals surface area contributed by atoms with Crippen LogP contribution in [0.4, 0.5) is 11.4 Å². The quantitative estimate of drug-likeness (QED) is 0.159. The van der Waals surface area contributed by atoms with Gasteiger partial charge in [0.1, 0.15) is 5.56 Å². The van der Waals surface area contributed by atoms with E-state index in [0.717, 1.165) is 17.8 Å². The van der Waals surface area contributed by atoms with Crippen LogP contribution in [-0.2, 0) is 0 Å². The molecule has 1 atom stereocenters. The van der Waals surface area contributed by atoms with Crippen LogP contribution in [-0.4, -0.2) is 10.3 Å². The third-order valence-corrected chi connectivity index (χ3v) is 11.6. The first kappa shape index (κ1) is 30.8. The second kappa shape index (κ2) is 12.1. The van der Waals surface area contributed by atoms with Crippen molar-refractivity contribution in [1.29, 1.82) is 0 Å². The highest BCUT2D eigenvalue weighted by atomic mass is 15.1. The van der Waals surface area contributed by atoms with Crippen molar-refractivity contribution >= 4 is 71.6 Å². The van der Waals surface area contributed by atoms with Gasteiger partial charge in [-0.1, -0.05) is 140 Å². The first-order valence-corrected chi connectivity index (χ1v) is 19.0. The number of nitrogens with zero attached hydrogens (tertiary/aromatic N) is 2. The maximum Gasteiger partial charge on any atom is 0.232 e. The van der Waals surface area contributed by atoms with Crippen molar-refractivity contribution < 1.29 is 0 Å². The van der Waals surface area contributed by atoms with Gasteiger partial charge in [-0.05, 0) is 92.6 Å². The van der Waals surface area contributed by atoms with Crippen LogP contribution >= 0.6 is 0 Å². The summed E-state index contributed by atoms with van der Waals surface area (Å²) in [4.78, 5) is 0. The van der Waals surface area contributed by atoms with E-state index in [9.17, 15) is 0 Å². The molecule has 0 radical (unpaired) electrons. The van der Waals surface area contributed by atoms with Crippen molar-refractivity contribution in [2.45, 2.75) is 13.3 Å². The average Bonchev–Trinajstić information content (AvgIpc) is 3.58. The molecule has 1 aromatic heterocycles. The van der Waals surface area contributed by atoms with Crippen molar-refractivity contribution in [3.8, 4) is 5.69 Å². The average molecular weight is 690 g/mol. The summed E-state index contributed by atoms with van der Waals surface area (Å²) in [6.45, 7) is 2.34. The minimum atomic E-state index is 0.469. The summed E-state index contributed by atoms with van der Waals surface area (Å²) >= 11 is 0. The molecule has 0 fully saturated rings. The van der Waals surface area contributed by atoms with Gasteiger partial charge in [-0.2, -0.15) is 4.58 Å². The van der Waals surface area contributed by atoms with Gasteiger partial charge in [0.2, 0.25) is 17.1 Å². The van der Waals surface area contributed by atoms with Gasteiger partial charge in [0.15, 0.2) is 0 Å². The van der Waals surface area contributed by atoms with Crippen molar-refractivity contribution in [2.75, 3.05) is 0 Å². The Kier molecular flexibility index (Phi) is 6.93. The summed E-state index contributed by atoms with van der Waals surface area (Å²) in [7, 11) is 0. The highest BCUT2D eigenvalue weighted by Crippen LogP contribution is 2.43. The topological polar surface area (TPSA) is 7.94 Å². The molecular formula is C52H37N2+. The van der Waals surface area contributed by atoms with Gasteiger partial charge in [0.05, 0.1) is 16.7 Å². The number of fused-ring (bicyclic) bond motifs is 8. The lowest BCUT2D eigenvalue weighted by Crippen LogP contribution is -2.30. The van der Waals surface area contributed by atoms with Crippen molar-refractivity contribution in [2.24, 2.45) is 5.92 Å². The first-order valence-electron chi connectivity index (χ1n) is 19.0. The van der Waals surface area contributed by atoms with Gasteiger partial charge >= 0.3 is 0 Å². The van der Waals surface area contributed by atoms with Gasteiger partial charge in [-0.3, -0.25) is 0 Å². The molecule has 54 heavy (non-hydrogen) atoms. The van der Waals surface area contributed by atoms with E-state index in [4.69, 9.17) is 0 Å². The summed E-state index contributed by atoms with van der Waals surface area (Å²) in [5.41, 5.74) is 15.0. The van der Waals surface area contributed by atoms with Crippen LogP contribution < -0.4 is 4.58 Å². The molecule has 1 unspecified atom stereocenters. The van der Waals surface area contributed by atoms with Crippen LogP contribution in [0, 0.1) is 5.92 Å². The summed E-state index contributed by atoms with van der Waals surface area (Å²) in [5.74, 6) is 0.469. The molecule has 11 rings (SSSR count). The van der Waals surface area contributed by atoms with E-state index in [0.29, 0.717) is 5.92 Å². The molecule has 0 bridgehead atoms. The molecule has 0 N–H and O–H groups in total. The minimum absolute atomic E-state index is 0.469. The standard InChI is InChI=1S/C52H37N2/c1-34-22-23-40(35-12-3-2-4-13-35)32-46(34)38-24-26-39(27-25-38)52-45-20-9-10-21-47(45)54(52)42-17-11-16-41(33-42)53-48-30-28-36-14-5-7-18-43(36)50(48)51-44-19-8-6-15-37(44)29-31-49(51)53/h2-21,23-34H,22H2,1H3/q+1. The maximum absolute atomic E-state index is 2.46. The minimum Gasteiger partial charge on any atom is -0.309 e. The number of aromatic nitrogens is 1. The van der Waals surface area contributed by atoms with Gasteiger partial charge in [-0.25, -0.2) is 0 Å². The normalized spacial score (nSPS) is 15.4. The smallest absolute Gasteiger partial charge is 0.232 e. The monoisotopic (exact) mass is 689 g/mol. The lowest BCUT2D eigenvalue weighted by molar-refractivity contribution is 0.761. The predicted molar refractivity (Wildman–Crippen MR) is 230 cm³/mol. The lowest BCUT2D eigenvalue weighted by atomic mass is 9.83. The van der Waals surface area contributed by atoms with Crippen LogP contribution in [0.15, 0.2) is 188 Å². The molecule has 0 saturated heterocycles. The molecule has 1 aliphatic carbocycles. The lowest BCUT2D eigenvalue weighted by Gasteiger charge is -2.23. The van der Waals surface area contributed by atoms with E-state index in [1.54, 1.807) is 0 Å². The number of hydrogen-bond acceptors (Lipinski definition) is 0. The van der Waals surface area contributed by atoms with E-state index in [1.165, 1.54) is 88.1 Å². The van der Waals surface area contributed by atoms with Crippen molar-refractivity contribution in [1.82, 2.24) is 9.14 Å². The fourth-order valence-corrected chi connectivity index (χ4v) is 9.03. The summed E-state index contributed by atoms with van der Waals surface area (Å²) in [6.07, 6.45) is 5.82. The predicted octanol–water partition coefficient (Wildman–Crippen LogP) is 13.3. The number of rotatable bonds is 5. The Morgan fingerprint density at radius 1 is 0.537 bits per heavy atom. The van der Waals surface area contributed by atoms with Crippen LogP contribution in [0.3, 0.4) is 0 Å². The summed E-state index contributed by atoms with van der Waals surface area (Å²) in [6, 6.07) is 64.6. The van der Waals surface area contributed by atoms with Crippen molar-refractivity contribution in [3.05, 3.63) is 210 Å². The fraction of sp³-hybridized carbons (Fsp3) is 0.0577. The van der Waals surface area contributed by atoms with Crippen LogP contribution in [0.2, 0.25) is 0 Å². The Morgan fingerprint density at radius 2 is 1.17 bits per heavy atom. The van der Waals surface area contributed by atoms with E-state index >= 15 is 0 Å². The second-order valence-electron chi connectivity index (χ2n) is 14.8. The second-order valence-corrected chi connectivity index (χ2v) is 14.8. The fourth-order valence-electron chi connectivity index (χ4n) is 9.03. The van der Waals surface area contributed by atoms with Crippen molar-refractivity contribution in [3.63, 3.8) is 0 Å². The Balaban J connectivity index is 1.05. The van der Waals surface area contributed by atoms with Gasteiger partial charge in [-0.15, -0.1) is 0 Å². The molecular weight excluding hydrogens is 653 g/mol. The molecule has 0 amide bonds. The molecule has 0 spiro atoms. The van der Waals surface area contributed by atoms with E-state index < -0.39 is 0 Å². The highest BCUT2D eigenvalue weighted by Gasteiger charge is 2.38. The zero-order valence-corrected chi connectivity index (χ0v) is 30.1. The van der Waals surface area contributed by atoms with Gasteiger partial charge < -0.3 is 4.57 Å². The molecule has 2 heterocycles. The molecule has 0 saturated carbocycles. The molecule has 2 nitrogen and oxygen atoms in total. The summed E-state index contributed by atoms with van der Waals surface area (Å²) in [5, 5.41) is 7.70. The largest absolute Gasteiger partial charge is 0.309 e. The number of allylic oxidation sites excluding steroid dienone is 4. The van der Waals surface area contributed by atoms with Crippen LogP contribution in [0.1, 0.15) is 35.6 Å². The zero-order valence-electron chi connectivity index (χ0n) is 30.1. The molecule has 9 aromatic rings. The third kappa shape index (κ3) is 4.70. The molecule has 8 aromatic carbocycles. The first-order chi connectivity index (χ1) is 26.7.